The molecule has 1 atom stereocenters. The second kappa shape index (κ2) is 6.17. The van der Waals surface area contributed by atoms with Crippen molar-refractivity contribution in [1.29, 1.82) is 0 Å². The van der Waals surface area contributed by atoms with E-state index in [-0.39, 0.29) is 0 Å². The van der Waals surface area contributed by atoms with Gasteiger partial charge in [-0.1, -0.05) is 39.7 Å². The van der Waals surface area contributed by atoms with Gasteiger partial charge in [-0.25, -0.2) is 0 Å². The number of hydrogen-bond donors (Lipinski definition) is 1. The van der Waals surface area contributed by atoms with Crippen LogP contribution in [0.15, 0.2) is 34.8 Å². The molecule has 0 aliphatic rings. The molecule has 0 amide bonds. The van der Waals surface area contributed by atoms with Crippen molar-refractivity contribution in [2.24, 2.45) is 0 Å². The lowest BCUT2D eigenvalue weighted by Gasteiger charge is -2.17. The number of aryl methyl sites for hydroxylation is 2. The number of hydrogen-bond acceptors (Lipinski definition) is 2. The molecule has 4 heteroatoms. The number of ether oxygens (including phenoxy) is 1. The third-order valence-electron chi connectivity index (χ3n) is 3.26. The minimum absolute atomic E-state index is 0.574. The van der Waals surface area contributed by atoms with Crippen LogP contribution in [-0.2, 0) is 0 Å². The largest absolute Gasteiger partial charge is 0.496 e. The molecule has 106 valence electrons. The summed E-state index contributed by atoms with van der Waals surface area (Å²) in [5.41, 5.74) is 3.66. The Labute approximate surface area is 132 Å². The highest BCUT2D eigenvalue weighted by Crippen LogP contribution is 2.34. The molecule has 0 saturated heterocycles. The van der Waals surface area contributed by atoms with Crippen molar-refractivity contribution in [3.8, 4) is 5.75 Å². The first-order chi connectivity index (χ1) is 9.43. The fourth-order valence-electron chi connectivity index (χ4n) is 2.24. The van der Waals surface area contributed by atoms with Gasteiger partial charge < -0.3 is 9.84 Å². The number of halogens is 2. The molecule has 0 radical (unpaired) electrons. The third-order valence-corrected chi connectivity index (χ3v) is 4.75. The lowest BCUT2D eigenvalue weighted by atomic mass is 9.97. The van der Waals surface area contributed by atoms with E-state index in [4.69, 9.17) is 16.3 Å². The van der Waals surface area contributed by atoms with E-state index in [2.05, 4.69) is 15.9 Å². The summed E-state index contributed by atoms with van der Waals surface area (Å²) in [5, 5.41) is 11.2. The van der Waals surface area contributed by atoms with Crippen molar-refractivity contribution in [3.05, 3.63) is 62.1 Å². The smallest absolute Gasteiger partial charge is 0.125 e. The summed E-state index contributed by atoms with van der Waals surface area (Å²) in [5.74, 6) is 0.625. The van der Waals surface area contributed by atoms with Crippen LogP contribution in [0.1, 0.15) is 28.4 Å². The van der Waals surface area contributed by atoms with Gasteiger partial charge in [0.15, 0.2) is 0 Å². The van der Waals surface area contributed by atoms with Gasteiger partial charge in [0.1, 0.15) is 11.9 Å². The zero-order valence-corrected chi connectivity index (χ0v) is 13.9. The number of benzene rings is 2. The molecule has 0 heterocycles. The predicted molar refractivity (Wildman–Crippen MR) is 85.7 cm³/mol. The second-order valence-corrected chi connectivity index (χ2v) is 5.99. The molecule has 0 aliphatic carbocycles. The Morgan fingerprint density at radius 3 is 2.30 bits per heavy atom. The highest BCUT2D eigenvalue weighted by molar-refractivity contribution is 9.10. The molecule has 2 aromatic rings. The molecule has 1 unspecified atom stereocenters. The zero-order valence-electron chi connectivity index (χ0n) is 11.6. The molecule has 2 aromatic carbocycles. The Balaban J connectivity index is 2.51. The Morgan fingerprint density at radius 1 is 1.15 bits per heavy atom. The van der Waals surface area contributed by atoms with Gasteiger partial charge in [-0.2, -0.15) is 0 Å². The lowest BCUT2D eigenvalue weighted by molar-refractivity contribution is 0.214. The second-order valence-electron chi connectivity index (χ2n) is 4.76. The Morgan fingerprint density at radius 2 is 1.75 bits per heavy atom. The van der Waals surface area contributed by atoms with Crippen LogP contribution in [0.2, 0.25) is 5.02 Å². The van der Waals surface area contributed by atoms with E-state index in [1.54, 1.807) is 25.3 Å². The molecule has 2 rings (SSSR count). The van der Waals surface area contributed by atoms with Gasteiger partial charge in [0.25, 0.3) is 0 Å². The molecule has 0 aromatic heterocycles. The summed E-state index contributed by atoms with van der Waals surface area (Å²) in [4.78, 5) is 0. The Bertz CT molecular complexity index is 617. The lowest BCUT2D eigenvalue weighted by Crippen LogP contribution is -2.03. The number of methoxy groups -OCH3 is 1. The number of aliphatic hydroxyl groups excluding tert-OH is 1. The molecule has 0 aliphatic heterocycles. The molecular formula is C16H16BrClO2. The van der Waals surface area contributed by atoms with Crippen molar-refractivity contribution >= 4 is 27.5 Å². The van der Waals surface area contributed by atoms with E-state index in [1.165, 1.54) is 0 Å². The molecular weight excluding hydrogens is 340 g/mol. The number of aliphatic hydroxyl groups is 1. The first-order valence-corrected chi connectivity index (χ1v) is 7.39. The Hall–Kier alpha value is -1.03. The fourth-order valence-corrected chi connectivity index (χ4v) is 2.65. The monoisotopic (exact) mass is 354 g/mol. The minimum Gasteiger partial charge on any atom is -0.496 e. The first kappa shape index (κ1) is 15.4. The van der Waals surface area contributed by atoms with Crippen LogP contribution in [0.25, 0.3) is 0 Å². The summed E-state index contributed by atoms with van der Waals surface area (Å²) >= 11 is 9.55. The van der Waals surface area contributed by atoms with Crippen LogP contribution in [0, 0.1) is 13.8 Å². The zero-order chi connectivity index (χ0) is 14.9. The molecule has 20 heavy (non-hydrogen) atoms. The third kappa shape index (κ3) is 3.00. The van der Waals surface area contributed by atoms with Gasteiger partial charge in [-0.15, -0.1) is 0 Å². The first-order valence-electron chi connectivity index (χ1n) is 6.22. The molecule has 0 fully saturated rings. The molecule has 0 saturated carbocycles. The van der Waals surface area contributed by atoms with E-state index >= 15 is 0 Å². The van der Waals surface area contributed by atoms with Gasteiger partial charge in [-0.05, 0) is 48.7 Å². The Kier molecular flexibility index (Phi) is 4.74. The van der Waals surface area contributed by atoms with Crippen LogP contribution in [0.4, 0.5) is 0 Å². The van der Waals surface area contributed by atoms with Gasteiger partial charge in [0.05, 0.1) is 7.11 Å². The van der Waals surface area contributed by atoms with Crippen molar-refractivity contribution < 1.29 is 9.84 Å². The van der Waals surface area contributed by atoms with E-state index in [0.717, 1.165) is 21.2 Å². The van der Waals surface area contributed by atoms with Crippen molar-refractivity contribution in [3.63, 3.8) is 0 Å². The summed E-state index contributed by atoms with van der Waals surface area (Å²) < 4.78 is 6.36. The van der Waals surface area contributed by atoms with Crippen molar-refractivity contribution in [2.45, 2.75) is 20.0 Å². The number of rotatable bonds is 3. The van der Waals surface area contributed by atoms with Crippen LogP contribution < -0.4 is 4.74 Å². The van der Waals surface area contributed by atoms with Gasteiger partial charge in [-0.3, -0.25) is 0 Å². The summed E-state index contributed by atoms with van der Waals surface area (Å²) in [6.07, 6.45) is -0.769. The van der Waals surface area contributed by atoms with Crippen molar-refractivity contribution in [1.82, 2.24) is 0 Å². The highest BCUT2D eigenvalue weighted by atomic mass is 79.9. The molecule has 2 nitrogen and oxygen atoms in total. The standard InChI is InChI=1S/C16H16BrClO2/c1-9-6-11(7-10(2)15(9)17)16(19)13-8-12(18)4-5-14(13)20-3/h4-8,16,19H,1-3H3. The highest BCUT2D eigenvalue weighted by Gasteiger charge is 2.17. The molecule has 0 spiro atoms. The minimum atomic E-state index is -0.769. The summed E-state index contributed by atoms with van der Waals surface area (Å²) in [7, 11) is 1.58. The average Bonchev–Trinajstić information content (AvgIpc) is 2.43. The maximum absolute atomic E-state index is 10.6. The van der Waals surface area contributed by atoms with Crippen LogP contribution in [0.5, 0.6) is 5.75 Å². The van der Waals surface area contributed by atoms with Crippen LogP contribution in [0.3, 0.4) is 0 Å². The van der Waals surface area contributed by atoms with Gasteiger partial charge in [0, 0.05) is 15.1 Å². The SMILES string of the molecule is COc1ccc(Cl)cc1C(O)c1cc(C)c(Br)c(C)c1. The average molecular weight is 356 g/mol. The van der Waals surface area contributed by atoms with Crippen LogP contribution in [-0.4, -0.2) is 12.2 Å². The topological polar surface area (TPSA) is 29.5 Å². The summed E-state index contributed by atoms with van der Waals surface area (Å²) in [6.45, 7) is 4.00. The maximum Gasteiger partial charge on any atom is 0.125 e. The maximum atomic E-state index is 10.6. The van der Waals surface area contributed by atoms with E-state index in [1.807, 2.05) is 26.0 Å². The normalized spacial score (nSPS) is 12.3. The van der Waals surface area contributed by atoms with E-state index in [0.29, 0.717) is 16.3 Å². The quantitative estimate of drug-likeness (QED) is 0.856. The van der Waals surface area contributed by atoms with Crippen LogP contribution >= 0.6 is 27.5 Å². The van der Waals surface area contributed by atoms with E-state index in [9.17, 15) is 5.11 Å². The summed E-state index contributed by atoms with van der Waals surface area (Å²) in [6, 6.07) is 9.16. The predicted octanol–water partition coefficient (Wildman–Crippen LogP) is 4.81. The fraction of sp³-hybridized carbons (Fsp3) is 0.250. The van der Waals surface area contributed by atoms with Crippen molar-refractivity contribution in [2.75, 3.05) is 7.11 Å². The van der Waals surface area contributed by atoms with Gasteiger partial charge >= 0.3 is 0 Å². The van der Waals surface area contributed by atoms with E-state index < -0.39 is 6.10 Å². The van der Waals surface area contributed by atoms with Gasteiger partial charge in [0.2, 0.25) is 0 Å². The molecule has 0 bridgehead atoms. The molecule has 1 N–H and O–H groups in total.